The van der Waals surface area contributed by atoms with Crippen molar-refractivity contribution in [3.8, 4) is 0 Å². The molecular formula is C13H9BrF3N. The Hall–Kier alpha value is -1.33. The van der Waals surface area contributed by atoms with Crippen molar-refractivity contribution in [1.82, 2.24) is 0 Å². The van der Waals surface area contributed by atoms with Gasteiger partial charge in [0.15, 0.2) is 0 Å². The van der Waals surface area contributed by atoms with E-state index < -0.39 is 23.5 Å². The molecule has 0 heterocycles. The maximum absolute atomic E-state index is 13.6. The molecule has 0 fully saturated rings. The highest BCUT2D eigenvalue weighted by atomic mass is 79.9. The SMILES string of the molecule is NC(c1ccc(F)c(Br)c1)c1ccc(F)cc1F. The Morgan fingerprint density at radius 1 is 0.944 bits per heavy atom. The molecule has 0 radical (unpaired) electrons. The molecule has 0 spiro atoms. The Balaban J connectivity index is 2.41. The average Bonchev–Trinajstić information content (AvgIpc) is 2.32. The minimum atomic E-state index is -0.775. The minimum Gasteiger partial charge on any atom is -0.320 e. The van der Waals surface area contributed by atoms with Gasteiger partial charge in [0.05, 0.1) is 10.5 Å². The second-order valence-corrected chi connectivity index (χ2v) is 4.67. The van der Waals surface area contributed by atoms with Crippen molar-refractivity contribution in [2.24, 2.45) is 5.73 Å². The van der Waals surface area contributed by atoms with Crippen molar-refractivity contribution < 1.29 is 13.2 Å². The minimum absolute atomic E-state index is 0.162. The molecule has 0 saturated heterocycles. The van der Waals surface area contributed by atoms with Crippen LogP contribution in [-0.2, 0) is 0 Å². The number of rotatable bonds is 2. The third kappa shape index (κ3) is 2.57. The lowest BCUT2D eigenvalue weighted by molar-refractivity contribution is 0.565. The largest absolute Gasteiger partial charge is 0.320 e. The number of hydrogen-bond acceptors (Lipinski definition) is 1. The van der Waals surface area contributed by atoms with Crippen molar-refractivity contribution in [2.75, 3.05) is 0 Å². The molecule has 0 aliphatic rings. The van der Waals surface area contributed by atoms with Gasteiger partial charge in [-0.1, -0.05) is 12.1 Å². The Bertz CT molecular complexity index is 586. The zero-order chi connectivity index (χ0) is 13.3. The van der Waals surface area contributed by atoms with E-state index >= 15 is 0 Å². The Labute approximate surface area is 111 Å². The van der Waals surface area contributed by atoms with Crippen LogP contribution in [0.15, 0.2) is 40.9 Å². The summed E-state index contributed by atoms with van der Waals surface area (Å²) in [7, 11) is 0. The molecule has 18 heavy (non-hydrogen) atoms. The van der Waals surface area contributed by atoms with Crippen LogP contribution in [0.1, 0.15) is 17.2 Å². The van der Waals surface area contributed by atoms with Crippen molar-refractivity contribution in [2.45, 2.75) is 6.04 Å². The zero-order valence-corrected chi connectivity index (χ0v) is 10.7. The molecule has 2 rings (SSSR count). The number of nitrogens with two attached hydrogens (primary N) is 1. The Morgan fingerprint density at radius 3 is 2.28 bits per heavy atom. The molecule has 0 saturated carbocycles. The zero-order valence-electron chi connectivity index (χ0n) is 9.13. The molecule has 1 atom stereocenters. The maximum Gasteiger partial charge on any atom is 0.137 e. The lowest BCUT2D eigenvalue weighted by Gasteiger charge is -2.14. The van der Waals surface area contributed by atoms with Gasteiger partial charge in [-0.05, 0) is 39.7 Å². The first-order chi connectivity index (χ1) is 8.49. The highest BCUT2D eigenvalue weighted by Gasteiger charge is 2.15. The summed E-state index contributed by atoms with van der Waals surface area (Å²) in [4.78, 5) is 0. The van der Waals surface area contributed by atoms with Gasteiger partial charge < -0.3 is 5.73 Å². The number of benzene rings is 2. The Morgan fingerprint density at radius 2 is 1.67 bits per heavy atom. The van der Waals surface area contributed by atoms with Crippen LogP contribution in [0, 0.1) is 17.5 Å². The van der Waals surface area contributed by atoms with Gasteiger partial charge in [-0.15, -0.1) is 0 Å². The first-order valence-electron chi connectivity index (χ1n) is 5.14. The normalized spacial score (nSPS) is 12.5. The Kier molecular flexibility index (Phi) is 3.73. The van der Waals surface area contributed by atoms with E-state index in [9.17, 15) is 13.2 Å². The molecule has 1 unspecified atom stereocenters. The predicted octanol–water partition coefficient (Wildman–Crippen LogP) is 3.91. The van der Waals surface area contributed by atoms with Gasteiger partial charge in [-0.25, -0.2) is 13.2 Å². The average molecular weight is 316 g/mol. The van der Waals surface area contributed by atoms with Gasteiger partial charge in [0, 0.05) is 11.6 Å². The molecular weight excluding hydrogens is 307 g/mol. The first-order valence-corrected chi connectivity index (χ1v) is 5.94. The molecule has 2 N–H and O–H groups in total. The third-order valence-corrected chi connectivity index (χ3v) is 3.21. The quantitative estimate of drug-likeness (QED) is 0.893. The monoisotopic (exact) mass is 315 g/mol. The molecule has 0 amide bonds. The van der Waals surface area contributed by atoms with E-state index in [4.69, 9.17) is 5.73 Å². The van der Waals surface area contributed by atoms with E-state index in [1.54, 1.807) is 0 Å². The van der Waals surface area contributed by atoms with Crippen LogP contribution in [0.4, 0.5) is 13.2 Å². The topological polar surface area (TPSA) is 26.0 Å². The van der Waals surface area contributed by atoms with Gasteiger partial charge in [-0.2, -0.15) is 0 Å². The third-order valence-electron chi connectivity index (χ3n) is 2.60. The highest BCUT2D eigenvalue weighted by molar-refractivity contribution is 9.10. The fourth-order valence-electron chi connectivity index (χ4n) is 1.64. The summed E-state index contributed by atoms with van der Waals surface area (Å²) in [6.45, 7) is 0. The molecule has 0 aliphatic carbocycles. The molecule has 94 valence electrons. The molecule has 1 nitrogen and oxygen atoms in total. The number of halogens is 4. The van der Waals surface area contributed by atoms with Crippen LogP contribution in [0.3, 0.4) is 0 Å². The smallest absolute Gasteiger partial charge is 0.137 e. The van der Waals surface area contributed by atoms with Crippen LogP contribution in [-0.4, -0.2) is 0 Å². The van der Waals surface area contributed by atoms with Crippen LogP contribution < -0.4 is 5.73 Å². The van der Waals surface area contributed by atoms with Gasteiger partial charge in [0.25, 0.3) is 0 Å². The lowest BCUT2D eigenvalue weighted by Crippen LogP contribution is -2.14. The van der Waals surface area contributed by atoms with Crippen LogP contribution in [0.2, 0.25) is 0 Å². The van der Waals surface area contributed by atoms with Gasteiger partial charge >= 0.3 is 0 Å². The molecule has 2 aromatic carbocycles. The fourth-order valence-corrected chi connectivity index (χ4v) is 2.04. The van der Waals surface area contributed by atoms with Crippen molar-refractivity contribution in [3.05, 3.63) is 69.4 Å². The summed E-state index contributed by atoms with van der Waals surface area (Å²) in [6.07, 6.45) is 0. The molecule has 2 aromatic rings. The van der Waals surface area contributed by atoms with E-state index in [2.05, 4.69) is 15.9 Å². The van der Waals surface area contributed by atoms with Crippen LogP contribution in [0.5, 0.6) is 0 Å². The fraction of sp³-hybridized carbons (Fsp3) is 0.0769. The first kappa shape index (κ1) is 13.1. The van der Waals surface area contributed by atoms with Gasteiger partial charge in [-0.3, -0.25) is 0 Å². The van der Waals surface area contributed by atoms with Gasteiger partial charge in [0.1, 0.15) is 17.5 Å². The molecule has 0 bridgehead atoms. The van der Waals surface area contributed by atoms with Crippen molar-refractivity contribution in [1.29, 1.82) is 0 Å². The summed E-state index contributed by atoms with van der Waals surface area (Å²) in [5.41, 5.74) is 6.58. The second-order valence-electron chi connectivity index (χ2n) is 3.82. The van der Waals surface area contributed by atoms with E-state index in [1.807, 2.05) is 0 Å². The molecule has 5 heteroatoms. The van der Waals surface area contributed by atoms with Gasteiger partial charge in [0.2, 0.25) is 0 Å². The van der Waals surface area contributed by atoms with Crippen LogP contribution >= 0.6 is 15.9 Å². The van der Waals surface area contributed by atoms with Crippen molar-refractivity contribution in [3.63, 3.8) is 0 Å². The van der Waals surface area contributed by atoms with E-state index in [1.165, 1.54) is 24.3 Å². The highest BCUT2D eigenvalue weighted by Crippen LogP contribution is 2.26. The van der Waals surface area contributed by atoms with E-state index in [0.717, 1.165) is 12.1 Å². The molecule has 0 aliphatic heterocycles. The second kappa shape index (κ2) is 5.12. The number of hydrogen-bond donors (Lipinski definition) is 1. The predicted molar refractivity (Wildman–Crippen MR) is 66.5 cm³/mol. The van der Waals surface area contributed by atoms with Crippen molar-refractivity contribution >= 4 is 15.9 Å². The summed E-state index contributed by atoms with van der Waals surface area (Å²) >= 11 is 3.03. The summed E-state index contributed by atoms with van der Waals surface area (Å²) in [5.74, 6) is -1.81. The molecule has 0 aromatic heterocycles. The lowest BCUT2D eigenvalue weighted by atomic mass is 9.99. The summed E-state index contributed by atoms with van der Waals surface area (Å²) in [5, 5.41) is 0. The summed E-state index contributed by atoms with van der Waals surface area (Å²) in [6, 6.07) is 6.59. The van der Waals surface area contributed by atoms with Crippen LogP contribution in [0.25, 0.3) is 0 Å². The summed E-state index contributed by atoms with van der Waals surface area (Å²) < 4.78 is 39.7. The standard InChI is InChI=1S/C13H9BrF3N/c14-10-5-7(1-4-11(10)16)13(18)9-3-2-8(15)6-12(9)17/h1-6,13H,18H2. The van der Waals surface area contributed by atoms with E-state index in [0.29, 0.717) is 5.56 Å². The maximum atomic E-state index is 13.6. The van der Waals surface area contributed by atoms with E-state index in [-0.39, 0.29) is 10.0 Å².